The largest absolute Gasteiger partial charge is 0.480 e. The van der Waals surface area contributed by atoms with Gasteiger partial charge in [-0.1, -0.05) is 6.07 Å². The van der Waals surface area contributed by atoms with E-state index in [4.69, 9.17) is 10.2 Å². The highest BCUT2D eigenvalue weighted by Gasteiger charge is 2.11. The Morgan fingerprint density at radius 2 is 2.05 bits per heavy atom. The highest BCUT2D eigenvalue weighted by Crippen LogP contribution is 2.18. The van der Waals surface area contributed by atoms with Gasteiger partial charge < -0.3 is 15.5 Å². The van der Waals surface area contributed by atoms with E-state index in [0.717, 1.165) is 0 Å². The van der Waals surface area contributed by atoms with E-state index in [2.05, 4.69) is 10.3 Å². The predicted molar refractivity (Wildman–Crippen MR) is 67.6 cm³/mol. The molecule has 1 aromatic carbocycles. The van der Waals surface area contributed by atoms with Crippen molar-refractivity contribution in [3.8, 4) is 0 Å². The van der Waals surface area contributed by atoms with Crippen LogP contribution in [0, 0.1) is 0 Å². The molecule has 1 aromatic heterocycles. The number of amides is 1. The van der Waals surface area contributed by atoms with E-state index in [1.807, 2.05) is 0 Å². The third-order valence-corrected chi connectivity index (χ3v) is 2.63. The van der Waals surface area contributed by atoms with Crippen molar-refractivity contribution in [1.82, 2.24) is 10.3 Å². The smallest absolute Gasteiger partial charge is 0.322 e. The number of carbonyl (C=O) groups excluding carboxylic acids is 1. The number of aliphatic carboxylic acids is 1. The molecule has 0 unspecified atom stereocenters. The number of rotatable bonds is 4. The van der Waals surface area contributed by atoms with Crippen molar-refractivity contribution in [3.63, 3.8) is 0 Å². The fourth-order valence-corrected chi connectivity index (χ4v) is 1.74. The van der Waals surface area contributed by atoms with Crippen LogP contribution in [0.1, 0.15) is 15.9 Å². The molecule has 0 spiro atoms. The van der Waals surface area contributed by atoms with Gasteiger partial charge in [0.1, 0.15) is 6.54 Å². The van der Waals surface area contributed by atoms with Crippen LogP contribution in [0.3, 0.4) is 0 Å². The van der Waals surface area contributed by atoms with Crippen molar-refractivity contribution < 1.29 is 19.8 Å². The van der Waals surface area contributed by atoms with Gasteiger partial charge in [-0.3, -0.25) is 14.6 Å². The quantitative estimate of drug-likeness (QED) is 0.745. The minimum Gasteiger partial charge on any atom is -0.480 e. The molecule has 0 aliphatic heterocycles. The standard InChI is InChI=1S/C13H12N2O4/c16-7-8-1-2-11-10(5-8)9(3-4-14-11)13(19)15-6-12(17)18/h1-5,16H,6-7H2,(H,15,19)(H,17,18). The van der Waals surface area contributed by atoms with Crippen LogP contribution >= 0.6 is 0 Å². The SMILES string of the molecule is O=C(O)CNC(=O)c1ccnc2ccc(CO)cc12. The Hall–Kier alpha value is -2.47. The fourth-order valence-electron chi connectivity index (χ4n) is 1.74. The number of fused-ring (bicyclic) bond motifs is 1. The second kappa shape index (κ2) is 5.45. The van der Waals surface area contributed by atoms with Gasteiger partial charge in [0.2, 0.25) is 0 Å². The van der Waals surface area contributed by atoms with E-state index >= 15 is 0 Å². The van der Waals surface area contributed by atoms with Crippen LogP contribution < -0.4 is 5.32 Å². The van der Waals surface area contributed by atoms with Crippen LogP contribution in [-0.2, 0) is 11.4 Å². The molecule has 0 saturated heterocycles. The van der Waals surface area contributed by atoms with Crippen LogP contribution in [-0.4, -0.2) is 33.6 Å². The number of carbonyl (C=O) groups is 2. The third kappa shape index (κ3) is 2.86. The number of aliphatic hydroxyl groups excluding tert-OH is 1. The Morgan fingerprint density at radius 3 is 2.74 bits per heavy atom. The Labute approximate surface area is 108 Å². The maximum absolute atomic E-state index is 11.9. The van der Waals surface area contributed by atoms with Gasteiger partial charge in [0.15, 0.2) is 0 Å². The molecule has 3 N–H and O–H groups in total. The lowest BCUT2D eigenvalue weighted by Gasteiger charge is -2.07. The zero-order valence-electron chi connectivity index (χ0n) is 9.96. The van der Waals surface area contributed by atoms with Crippen LogP contribution in [0.4, 0.5) is 0 Å². The summed E-state index contributed by atoms with van der Waals surface area (Å²) in [6, 6.07) is 6.60. The first-order chi connectivity index (χ1) is 9.11. The average Bonchev–Trinajstić information content (AvgIpc) is 2.43. The van der Waals surface area contributed by atoms with Crippen molar-refractivity contribution in [3.05, 3.63) is 41.6 Å². The van der Waals surface area contributed by atoms with E-state index in [1.54, 1.807) is 18.2 Å². The molecule has 1 amide bonds. The number of nitrogens with one attached hydrogen (secondary N) is 1. The van der Waals surface area contributed by atoms with Gasteiger partial charge in [-0.2, -0.15) is 0 Å². The molecule has 6 heteroatoms. The molecule has 19 heavy (non-hydrogen) atoms. The van der Waals surface area contributed by atoms with Crippen molar-refractivity contribution in [2.45, 2.75) is 6.61 Å². The summed E-state index contributed by atoms with van der Waals surface area (Å²) in [4.78, 5) is 26.5. The Bertz CT molecular complexity index is 640. The summed E-state index contributed by atoms with van der Waals surface area (Å²) in [5, 5.41) is 20.5. The maximum atomic E-state index is 11.9. The molecule has 6 nitrogen and oxygen atoms in total. The second-order valence-corrected chi connectivity index (χ2v) is 3.94. The molecule has 0 bridgehead atoms. The number of hydrogen-bond acceptors (Lipinski definition) is 4. The van der Waals surface area contributed by atoms with E-state index in [9.17, 15) is 9.59 Å². The molecule has 0 radical (unpaired) electrons. The predicted octanol–water partition coefficient (Wildman–Crippen LogP) is 0.541. The van der Waals surface area contributed by atoms with Crippen molar-refractivity contribution >= 4 is 22.8 Å². The Balaban J connectivity index is 2.41. The normalized spacial score (nSPS) is 10.4. The second-order valence-electron chi connectivity index (χ2n) is 3.94. The van der Waals surface area contributed by atoms with Gasteiger partial charge in [-0.05, 0) is 23.8 Å². The summed E-state index contributed by atoms with van der Waals surface area (Å²) in [7, 11) is 0. The lowest BCUT2D eigenvalue weighted by Crippen LogP contribution is -2.29. The summed E-state index contributed by atoms with van der Waals surface area (Å²) >= 11 is 0. The Morgan fingerprint density at radius 1 is 1.26 bits per heavy atom. The van der Waals surface area contributed by atoms with E-state index < -0.39 is 18.4 Å². The Kier molecular flexibility index (Phi) is 3.72. The summed E-state index contributed by atoms with van der Waals surface area (Å²) in [5.41, 5.74) is 1.61. The lowest BCUT2D eigenvalue weighted by molar-refractivity contribution is -0.135. The van der Waals surface area contributed by atoms with E-state index in [1.165, 1.54) is 12.3 Å². The topological polar surface area (TPSA) is 99.5 Å². The average molecular weight is 260 g/mol. The number of pyridine rings is 1. The molecule has 0 atom stereocenters. The summed E-state index contributed by atoms with van der Waals surface area (Å²) in [6.45, 7) is -0.580. The zero-order valence-corrected chi connectivity index (χ0v) is 9.96. The maximum Gasteiger partial charge on any atom is 0.322 e. The van der Waals surface area contributed by atoms with Crippen LogP contribution in [0.15, 0.2) is 30.5 Å². The lowest BCUT2D eigenvalue weighted by atomic mass is 10.1. The minimum absolute atomic E-state index is 0.138. The molecular weight excluding hydrogens is 248 g/mol. The van der Waals surface area contributed by atoms with E-state index in [0.29, 0.717) is 22.0 Å². The van der Waals surface area contributed by atoms with Crippen molar-refractivity contribution in [1.29, 1.82) is 0 Å². The highest BCUT2D eigenvalue weighted by atomic mass is 16.4. The van der Waals surface area contributed by atoms with Gasteiger partial charge in [0.25, 0.3) is 5.91 Å². The first-order valence-corrected chi connectivity index (χ1v) is 5.60. The minimum atomic E-state index is -1.11. The third-order valence-electron chi connectivity index (χ3n) is 2.63. The first-order valence-electron chi connectivity index (χ1n) is 5.60. The van der Waals surface area contributed by atoms with Crippen LogP contribution in [0.25, 0.3) is 10.9 Å². The molecule has 0 saturated carbocycles. The van der Waals surface area contributed by atoms with Crippen molar-refractivity contribution in [2.24, 2.45) is 0 Å². The molecule has 2 aromatic rings. The van der Waals surface area contributed by atoms with Crippen LogP contribution in [0.2, 0.25) is 0 Å². The van der Waals surface area contributed by atoms with Gasteiger partial charge in [-0.25, -0.2) is 0 Å². The number of benzene rings is 1. The van der Waals surface area contributed by atoms with Gasteiger partial charge in [-0.15, -0.1) is 0 Å². The molecular formula is C13H12N2O4. The molecule has 0 fully saturated rings. The number of nitrogens with zero attached hydrogens (tertiary/aromatic N) is 1. The summed E-state index contributed by atoms with van der Waals surface area (Å²) < 4.78 is 0. The number of carboxylic acids is 1. The molecule has 2 rings (SSSR count). The molecule has 0 aliphatic carbocycles. The van der Waals surface area contributed by atoms with E-state index in [-0.39, 0.29) is 6.61 Å². The van der Waals surface area contributed by atoms with Crippen molar-refractivity contribution in [2.75, 3.05) is 6.54 Å². The summed E-state index contributed by atoms with van der Waals surface area (Å²) in [6.07, 6.45) is 1.48. The van der Waals surface area contributed by atoms with Crippen LogP contribution in [0.5, 0.6) is 0 Å². The van der Waals surface area contributed by atoms with Gasteiger partial charge >= 0.3 is 5.97 Å². The molecule has 1 heterocycles. The number of aromatic nitrogens is 1. The van der Waals surface area contributed by atoms with Gasteiger partial charge in [0, 0.05) is 11.6 Å². The molecule has 0 aliphatic rings. The number of aliphatic hydroxyl groups is 1. The summed E-state index contributed by atoms with van der Waals surface area (Å²) in [5.74, 6) is -1.59. The fraction of sp³-hybridized carbons (Fsp3) is 0.154. The highest BCUT2D eigenvalue weighted by molar-refractivity contribution is 6.06. The number of carboxylic acid groups (broad SMARTS) is 1. The van der Waals surface area contributed by atoms with Gasteiger partial charge in [0.05, 0.1) is 17.7 Å². The molecule has 98 valence electrons. The zero-order chi connectivity index (χ0) is 13.8. The number of hydrogen-bond donors (Lipinski definition) is 3. The monoisotopic (exact) mass is 260 g/mol. The first kappa shape index (κ1) is 13.0.